The van der Waals surface area contributed by atoms with Crippen LogP contribution in [0.3, 0.4) is 0 Å². The molecule has 2 aromatic rings. The maximum Gasteiger partial charge on any atom is 0.323 e. The maximum absolute atomic E-state index is 13.3. The molecule has 1 aliphatic rings. The van der Waals surface area contributed by atoms with Gasteiger partial charge in [0, 0.05) is 18.1 Å². The van der Waals surface area contributed by atoms with E-state index in [0.717, 1.165) is 12.1 Å². The second-order valence-corrected chi connectivity index (χ2v) is 5.03. The van der Waals surface area contributed by atoms with Crippen LogP contribution in [-0.4, -0.2) is 31.8 Å². The summed E-state index contributed by atoms with van der Waals surface area (Å²) in [6.45, 7) is -0.372. The van der Waals surface area contributed by atoms with E-state index in [1.54, 1.807) is 0 Å². The van der Waals surface area contributed by atoms with Crippen LogP contribution < -0.4 is 0 Å². The summed E-state index contributed by atoms with van der Waals surface area (Å²) in [4.78, 5) is 15.1. The maximum atomic E-state index is 13.3. The second kappa shape index (κ2) is 4.52. The van der Waals surface area contributed by atoms with Crippen molar-refractivity contribution >= 4 is 17.0 Å². The fourth-order valence-electron chi connectivity index (χ4n) is 2.55. The molecule has 1 aromatic heterocycles. The van der Waals surface area contributed by atoms with Crippen LogP contribution >= 0.6 is 0 Å². The van der Waals surface area contributed by atoms with Gasteiger partial charge in [0.15, 0.2) is 11.6 Å². The van der Waals surface area contributed by atoms with Gasteiger partial charge in [0.1, 0.15) is 12.4 Å². The molecule has 1 saturated carbocycles. The van der Waals surface area contributed by atoms with Gasteiger partial charge in [-0.3, -0.25) is 4.79 Å². The number of halogens is 2. The number of carboxylic acid groups (broad SMARTS) is 1. The van der Waals surface area contributed by atoms with Crippen LogP contribution in [0.1, 0.15) is 24.6 Å². The van der Waals surface area contributed by atoms with E-state index in [-0.39, 0.29) is 23.5 Å². The number of benzene rings is 1. The van der Waals surface area contributed by atoms with Crippen molar-refractivity contribution in [2.24, 2.45) is 0 Å². The Morgan fingerprint density at radius 1 is 1.35 bits per heavy atom. The Hall–Kier alpha value is -2.02. The lowest BCUT2D eigenvalue weighted by Crippen LogP contribution is -2.29. The average molecular weight is 282 g/mol. The van der Waals surface area contributed by atoms with Gasteiger partial charge in [0.2, 0.25) is 0 Å². The third-order valence-corrected chi connectivity index (χ3v) is 3.59. The van der Waals surface area contributed by atoms with Crippen molar-refractivity contribution in [1.29, 1.82) is 0 Å². The van der Waals surface area contributed by atoms with Crippen molar-refractivity contribution in [3.8, 4) is 0 Å². The van der Waals surface area contributed by atoms with Gasteiger partial charge < -0.3 is 14.8 Å². The van der Waals surface area contributed by atoms with Gasteiger partial charge >= 0.3 is 5.97 Å². The number of rotatable bonds is 3. The van der Waals surface area contributed by atoms with Crippen LogP contribution in [0.15, 0.2) is 12.1 Å². The Bertz CT molecular complexity index is 692. The number of aromatic nitrogens is 2. The first-order valence-corrected chi connectivity index (χ1v) is 6.20. The predicted octanol–water partition coefficient (Wildman–Crippen LogP) is 1.64. The molecule has 1 aliphatic carbocycles. The van der Waals surface area contributed by atoms with E-state index in [9.17, 15) is 18.7 Å². The minimum absolute atomic E-state index is 0.0807. The van der Waals surface area contributed by atoms with Gasteiger partial charge in [-0.15, -0.1) is 0 Å². The van der Waals surface area contributed by atoms with Gasteiger partial charge in [0.05, 0.1) is 17.1 Å². The Morgan fingerprint density at radius 3 is 2.60 bits per heavy atom. The smallest absolute Gasteiger partial charge is 0.323 e. The van der Waals surface area contributed by atoms with Gasteiger partial charge in [0.25, 0.3) is 0 Å². The zero-order valence-electron chi connectivity index (χ0n) is 10.4. The summed E-state index contributed by atoms with van der Waals surface area (Å²) in [7, 11) is 0. The minimum atomic E-state index is -1.09. The van der Waals surface area contributed by atoms with Crippen molar-refractivity contribution in [3.05, 3.63) is 29.6 Å². The summed E-state index contributed by atoms with van der Waals surface area (Å²) < 4.78 is 27.9. The van der Waals surface area contributed by atoms with Gasteiger partial charge in [-0.05, 0) is 12.8 Å². The van der Waals surface area contributed by atoms with Crippen LogP contribution in [0, 0.1) is 11.6 Å². The fourth-order valence-corrected chi connectivity index (χ4v) is 2.55. The summed E-state index contributed by atoms with van der Waals surface area (Å²) in [5.41, 5.74) is 0.476. The Balaban J connectivity index is 2.14. The molecule has 0 bridgehead atoms. The normalized spacial score (nSPS) is 21.9. The summed E-state index contributed by atoms with van der Waals surface area (Å²) in [6.07, 6.45) is 0.536. The van der Waals surface area contributed by atoms with E-state index in [0.29, 0.717) is 18.7 Å². The van der Waals surface area contributed by atoms with E-state index in [1.807, 2.05) is 0 Å². The topological polar surface area (TPSA) is 75.3 Å². The molecule has 0 unspecified atom stereocenters. The molecule has 2 N–H and O–H groups in total. The number of hydrogen-bond acceptors (Lipinski definition) is 3. The molecule has 7 heteroatoms. The molecule has 0 aliphatic heterocycles. The van der Waals surface area contributed by atoms with E-state index < -0.39 is 23.7 Å². The highest BCUT2D eigenvalue weighted by Gasteiger charge is 2.33. The number of carbonyl (C=O) groups is 1. The fraction of sp³-hybridized carbons (Fsp3) is 0.385. The van der Waals surface area contributed by atoms with Gasteiger partial charge in [-0.25, -0.2) is 13.8 Å². The number of fused-ring (bicyclic) bond motifs is 1. The van der Waals surface area contributed by atoms with Crippen LogP contribution in [0.4, 0.5) is 8.78 Å². The Kier molecular flexibility index (Phi) is 2.93. The van der Waals surface area contributed by atoms with Gasteiger partial charge in [-0.2, -0.15) is 0 Å². The minimum Gasteiger partial charge on any atom is -0.480 e. The van der Waals surface area contributed by atoms with Crippen molar-refractivity contribution in [2.75, 3.05) is 0 Å². The standard InChI is InChI=1S/C13H12F2N2O3/c14-8-3-10-11(4-9(8)15)17(5-12(19)20)13(16-10)6-1-7(18)2-6/h3-4,6-7,18H,1-2,5H2,(H,19,20). The molecular formula is C13H12F2N2O3. The number of aliphatic hydroxyl groups excluding tert-OH is 1. The van der Waals surface area contributed by atoms with Crippen LogP contribution in [-0.2, 0) is 11.3 Å². The van der Waals surface area contributed by atoms with E-state index in [2.05, 4.69) is 4.98 Å². The molecule has 0 spiro atoms. The Labute approximate surface area is 112 Å². The summed E-state index contributed by atoms with van der Waals surface area (Å²) in [6, 6.07) is 1.92. The number of nitrogens with zero attached hydrogens (tertiary/aromatic N) is 2. The number of imidazole rings is 1. The number of aliphatic hydroxyl groups is 1. The van der Waals surface area contributed by atoms with E-state index in [4.69, 9.17) is 5.11 Å². The molecule has 1 aromatic carbocycles. The predicted molar refractivity (Wildman–Crippen MR) is 65.3 cm³/mol. The summed E-state index contributed by atoms with van der Waals surface area (Å²) in [5.74, 6) is -2.77. The molecule has 0 atom stereocenters. The molecule has 0 saturated heterocycles. The average Bonchev–Trinajstić information content (AvgIpc) is 2.64. The molecule has 106 valence electrons. The monoisotopic (exact) mass is 282 g/mol. The van der Waals surface area contributed by atoms with Crippen LogP contribution in [0.2, 0.25) is 0 Å². The highest BCUT2D eigenvalue weighted by Crippen LogP contribution is 2.37. The van der Waals surface area contributed by atoms with E-state index >= 15 is 0 Å². The SMILES string of the molecule is O=C(O)Cn1c(C2CC(O)C2)nc2cc(F)c(F)cc21. The number of hydrogen-bond donors (Lipinski definition) is 2. The lowest BCUT2D eigenvalue weighted by atomic mass is 9.82. The van der Waals surface area contributed by atoms with Gasteiger partial charge in [-0.1, -0.05) is 0 Å². The molecule has 3 rings (SSSR count). The molecule has 20 heavy (non-hydrogen) atoms. The van der Waals surface area contributed by atoms with Crippen molar-refractivity contribution < 1.29 is 23.8 Å². The summed E-state index contributed by atoms with van der Waals surface area (Å²) >= 11 is 0. The molecule has 1 fully saturated rings. The zero-order valence-corrected chi connectivity index (χ0v) is 10.4. The largest absolute Gasteiger partial charge is 0.480 e. The zero-order chi connectivity index (χ0) is 14.4. The number of carboxylic acids is 1. The first kappa shape index (κ1) is 13.0. The highest BCUT2D eigenvalue weighted by molar-refractivity contribution is 5.79. The molecule has 5 nitrogen and oxygen atoms in total. The van der Waals surface area contributed by atoms with Crippen LogP contribution in [0.5, 0.6) is 0 Å². The van der Waals surface area contributed by atoms with Crippen LogP contribution in [0.25, 0.3) is 11.0 Å². The molecule has 1 heterocycles. The van der Waals surface area contributed by atoms with Crippen molar-refractivity contribution in [2.45, 2.75) is 31.4 Å². The Morgan fingerprint density at radius 2 is 2.00 bits per heavy atom. The summed E-state index contributed by atoms with van der Waals surface area (Å²) in [5, 5.41) is 18.3. The highest BCUT2D eigenvalue weighted by atomic mass is 19.2. The number of aliphatic carboxylic acids is 1. The lowest BCUT2D eigenvalue weighted by molar-refractivity contribution is -0.137. The lowest BCUT2D eigenvalue weighted by Gasteiger charge is -2.31. The van der Waals surface area contributed by atoms with Crippen molar-refractivity contribution in [3.63, 3.8) is 0 Å². The van der Waals surface area contributed by atoms with E-state index in [1.165, 1.54) is 4.57 Å². The molecule has 0 radical (unpaired) electrons. The molecule has 0 amide bonds. The third kappa shape index (κ3) is 2.03. The first-order chi connectivity index (χ1) is 9.45. The quantitative estimate of drug-likeness (QED) is 0.897. The third-order valence-electron chi connectivity index (χ3n) is 3.59. The van der Waals surface area contributed by atoms with Crippen molar-refractivity contribution in [1.82, 2.24) is 9.55 Å². The molecular weight excluding hydrogens is 270 g/mol. The first-order valence-electron chi connectivity index (χ1n) is 6.20. The second-order valence-electron chi connectivity index (χ2n) is 5.03.